The Hall–Kier alpha value is -1.70. The SMILES string of the molecule is CCOc1ccccc1C1C=CC=CO1. The highest BCUT2D eigenvalue weighted by molar-refractivity contribution is 5.38. The van der Waals surface area contributed by atoms with Gasteiger partial charge in [0, 0.05) is 5.56 Å². The van der Waals surface area contributed by atoms with Crippen molar-refractivity contribution in [2.24, 2.45) is 0 Å². The van der Waals surface area contributed by atoms with Crippen LogP contribution in [0.4, 0.5) is 0 Å². The van der Waals surface area contributed by atoms with Gasteiger partial charge in [-0.3, -0.25) is 0 Å². The summed E-state index contributed by atoms with van der Waals surface area (Å²) in [6, 6.07) is 7.96. The molecular formula is C13H14O2. The van der Waals surface area contributed by atoms with Crippen LogP contribution in [0.15, 0.2) is 48.8 Å². The molecule has 0 aliphatic carbocycles. The number of hydrogen-bond donors (Lipinski definition) is 0. The molecule has 1 aromatic rings. The number of ether oxygens (including phenoxy) is 2. The van der Waals surface area contributed by atoms with Crippen LogP contribution in [0.25, 0.3) is 0 Å². The van der Waals surface area contributed by atoms with Crippen molar-refractivity contribution in [2.45, 2.75) is 13.0 Å². The van der Waals surface area contributed by atoms with Crippen molar-refractivity contribution in [1.29, 1.82) is 0 Å². The van der Waals surface area contributed by atoms with Crippen LogP contribution in [0.3, 0.4) is 0 Å². The van der Waals surface area contributed by atoms with Crippen molar-refractivity contribution in [1.82, 2.24) is 0 Å². The number of allylic oxidation sites excluding steroid dienone is 2. The lowest BCUT2D eigenvalue weighted by Gasteiger charge is -2.18. The molecule has 0 aromatic heterocycles. The average molecular weight is 202 g/mol. The van der Waals surface area contributed by atoms with E-state index in [0.717, 1.165) is 11.3 Å². The monoisotopic (exact) mass is 202 g/mol. The highest BCUT2D eigenvalue weighted by Crippen LogP contribution is 2.30. The topological polar surface area (TPSA) is 18.5 Å². The van der Waals surface area contributed by atoms with Crippen molar-refractivity contribution in [3.63, 3.8) is 0 Å². The van der Waals surface area contributed by atoms with Gasteiger partial charge in [0.2, 0.25) is 0 Å². The van der Waals surface area contributed by atoms with E-state index in [2.05, 4.69) is 0 Å². The third-order valence-corrected chi connectivity index (χ3v) is 2.23. The minimum Gasteiger partial charge on any atom is -0.493 e. The molecule has 1 aliphatic heterocycles. The fraction of sp³-hybridized carbons (Fsp3) is 0.231. The van der Waals surface area contributed by atoms with Gasteiger partial charge >= 0.3 is 0 Å². The average Bonchev–Trinajstić information content (AvgIpc) is 2.31. The van der Waals surface area contributed by atoms with Crippen molar-refractivity contribution in [3.8, 4) is 5.75 Å². The first kappa shape index (κ1) is 9.84. The summed E-state index contributed by atoms with van der Waals surface area (Å²) in [4.78, 5) is 0. The van der Waals surface area contributed by atoms with Gasteiger partial charge in [-0.25, -0.2) is 0 Å². The van der Waals surface area contributed by atoms with Crippen LogP contribution in [0.1, 0.15) is 18.6 Å². The quantitative estimate of drug-likeness (QED) is 0.749. The zero-order valence-electron chi connectivity index (χ0n) is 8.72. The molecule has 1 atom stereocenters. The second-order valence-electron chi connectivity index (χ2n) is 3.24. The van der Waals surface area contributed by atoms with Gasteiger partial charge in [-0.05, 0) is 25.1 Å². The van der Waals surface area contributed by atoms with E-state index in [1.165, 1.54) is 0 Å². The van der Waals surface area contributed by atoms with E-state index in [1.54, 1.807) is 6.26 Å². The number of rotatable bonds is 3. The summed E-state index contributed by atoms with van der Waals surface area (Å²) < 4.78 is 11.1. The van der Waals surface area contributed by atoms with Gasteiger partial charge in [0.15, 0.2) is 0 Å². The van der Waals surface area contributed by atoms with Gasteiger partial charge in [0.25, 0.3) is 0 Å². The van der Waals surface area contributed by atoms with E-state index in [0.29, 0.717) is 6.61 Å². The van der Waals surface area contributed by atoms with Crippen molar-refractivity contribution >= 4 is 0 Å². The summed E-state index contributed by atoms with van der Waals surface area (Å²) in [5.74, 6) is 0.893. The minimum absolute atomic E-state index is 0.0299. The Bertz CT molecular complexity index is 380. The first-order chi connectivity index (χ1) is 7.42. The van der Waals surface area contributed by atoms with Crippen LogP contribution < -0.4 is 4.74 Å². The maximum absolute atomic E-state index is 5.55. The van der Waals surface area contributed by atoms with E-state index in [4.69, 9.17) is 9.47 Å². The summed E-state index contributed by atoms with van der Waals surface area (Å²) in [5.41, 5.74) is 1.07. The lowest BCUT2D eigenvalue weighted by molar-refractivity contribution is 0.181. The number of benzene rings is 1. The second kappa shape index (κ2) is 4.69. The summed E-state index contributed by atoms with van der Waals surface area (Å²) >= 11 is 0. The molecule has 1 aromatic carbocycles. The standard InChI is InChI=1S/C13H14O2/c1-2-14-12-8-4-3-7-11(12)13-9-5-6-10-15-13/h3-10,13H,2H2,1H3. The first-order valence-electron chi connectivity index (χ1n) is 5.12. The van der Waals surface area contributed by atoms with E-state index >= 15 is 0 Å². The van der Waals surface area contributed by atoms with Gasteiger partial charge in [-0.15, -0.1) is 0 Å². The number of hydrogen-bond acceptors (Lipinski definition) is 2. The van der Waals surface area contributed by atoms with Gasteiger partial charge in [0.05, 0.1) is 12.9 Å². The van der Waals surface area contributed by atoms with Crippen LogP contribution in [0.5, 0.6) is 5.75 Å². The summed E-state index contributed by atoms with van der Waals surface area (Å²) in [7, 11) is 0. The van der Waals surface area contributed by atoms with Crippen molar-refractivity contribution in [2.75, 3.05) is 6.61 Å². The van der Waals surface area contributed by atoms with E-state index in [9.17, 15) is 0 Å². The van der Waals surface area contributed by atoms with Crippen LogP contribution in [0.2, 0.25) is 0 Å². The van der Waals surface area contributed by atoms with E-state index in [-0.39, 0.29) is 6.10 Å². The van der Waals surface area contributed by atoms with Crippen molar-refractivity contribution < 1.29 is 9.47 Å². The Morgan fingerprint density at radius 3 is 2.87 bits per heavy atom. The molecule has 0 saturated carbocycles. The Labute approximate surface area is 89.8 Å². The summed E-state index contributed by atoms with van der Waals surface area (Å²) in [6.07, 6.45) is 7.54. The molecule has 2 heteroatoms. The summed E-state index contributed by atoms with van der Waals surface area (Å²) in [6.45, 7) is 2.65. The molecule has 78 valence electrons. The Kier molecular flexibility index (Phi) is 3.08. The molecule has 2 rings (SSSR count). The zero-order chi connectivity index (χ0) is 10.5. The highest BCUT2D eigenvalue weighted by Gasteiger charge is 2.14. The Morgan fingerprint density at radius 1 is 1.27 bits per heavy atom. The van der Waals surface area contributed by atoms with E-state index < -0.39 is 0 Å². The molecule has 1 aliphatic rings. The van der Waals surface area contributed by atoms with Gasteiger partial charge in [-0.2, -0.15) is 0 Å². The lowest BCUT2D eigenvalue weighted by Crippen LogP contribution is -2.03. The number of para-hydroxylation sites is 1. The molecule has 0 spiro atoms. The maximum atomic E-state index is 5.55. The summed E-state index contributed by atoms with van der Waals surface area (Å²) in [5, 5.41) is 0. The predicted molar refractivity (Wildman–Crippen MR) is 59.7 cm³/mol. The van der Waals surface area contributed by atoms with Gasteiger partial charge in [-0.1, -0.05) is 24.3 Å². The minimum atomic E-state index is -0.0299. The maximum Gasteiger partial charge on any atom is 0.145 e. The predicted octanol–water partition coefficient (Wildman–Crippen LogP) is 3.23. The van der Waals surface area contributed by atoms with E-state index in [1.807, 2.05) is 49.4 Å². The smallest absolute Gasteiger partial charge is 0.145 e. The lowest BCUT2D eigenvalue weighted by atomic mass is 10.1. The highest BCUT2D eigenvalue weighted by atomic mass is 16.5. The van der Waals surface area contributed by atoms with Crippen molar-refractivity contribution in [3.05, 3.63) is 54.3 Å². The molecule has 0 radical (unpaired) electrons. The molecule has 0 fully saturated rings. The third-order valence-electron chi connectivity index (χ3n) is 2.23. The molecule has 1 heterocycles. The Balaban J connectivity index is 2.26. The zero-order valence-corrected chi connectivity index (χ0v) is 8.72. The van der Waals surface area contributed by atoms with Crippen LogP contribution >= 0.6 is 0 Å². The fourth-order valence-electron chi connectivity index (χ4n) is 1.57. The molecule has 1 unspecified atom stereocenters. The molecular weight excluding hydrogens is 188 g/mol. The van der Waals surface area contributed by atoms with Gasteiger partial charge < -0.3 is 9.47 Å². The van der Waals surface area contributed by atoms with Crippen LogP contribution in [-0.4, -0.2) is 6.61 Å². The largest absolute Gasteiger partial charge is 0.493 e. The molecule has 2 nitrogen and oxygen atoms in total. The fourth-order valence-corrected chi connectivity index (χ4v) is 1.57. The molecule has 0 bridgehead atoms. The molecule has 0 N–H and O–H groups in total. The van der Waals surface area contributed by atoms with Gasteiger partial charge in [0.1, 0.15) is 11.9 Å². The molecule has 0 saturated heterocycles. The first-order valence-corrected chi connectivity index (χ1v) is 5.12. The Morgan fingerprint density at radius 2 is 2.13 bits per heavy atom. The third kappa shape index (κ3) is 2.21. The molecule has 15 heavy (non-hydrogen) atoms. The van der Waals surface area contributed by atoms with Crippen LogP contribution in [-0.2, 0) is 4.74 Å². The second-order valence-corrected chi connectivity index (χ2v) is 3.24. The normalized spacial score (nSPS) is 18.6. The molecule has 0 amide bonds. The van der Waals surface area contributed by atoms with Crippen LogP contribution in [0, 0.1) is 0 Å².